The van der Waals surface area contributed by atoms with Gasteiger partial charge in [-0.1, -0.05) is 12.1 Å². The number of para-hydroxylation sites is 1. The summed E-state index contributed by atoms with van der Waals surface area (Å²) in [4.78, 5) is 22.2. The van der Waals surface area contributed by atoms with Gasteiger partial charge in [-0.05, 0) is 12.1 Å². The zero-order chi connectivity index (χ0) is 11.7. The average molecular weight is 222 g/mol. The highest BCUT2D eigenvalue weighted by molar-refractivity contribution is 5.86. The Kier molecular flexibility index (Phi) is 2.32. The Hall–Kier alpha value is -2.37. The molecule has 2 rings (SSSR count). The van der Waals surface area contributed by atoms with Crippen LogP contribution in [0.1, 0.15) is 10.4 Å². The number of aromatic nitrogens is 2. The average Bonchev–Trinajstić information content (AvgIpc) is 2.61. The monoisotopic (exact) mass is 222 g/mol. The zero-order valence-electron chi connectivity index (χ0n) is 7.98. The second-order valence-corrected chi connectivity index (χ2v) is 3.08. The van der Waals surface area contributed by atoms with Crippen molar-refractivity contribution in [2.24, 2.45) is 0 Å². The van der Waals surface area contributed by atoms with Crippen LogP contribution in [0.15, 0.2) is 35.3 Å². The number of aromatic amines is 1. The Morgan fingerprint density at radius 2 is 2.06 bits per heavy atom. The van der Waals surface area contributed by atoms with Crippen molar-refractivity contribution in [1.82, 2.24) is 9.78 Å². The number of carboxylic acid groups (broad SMARTS) is 1. The van der Waals surface area contributed by atoms with Crippen LogP contribution < -0.4 is 5.56 Å². The lowest BCUT2D eigenvalue weighted by Gasteiger charge is -2.01. The zero-order valence-corrected chi connectivity index (χ0v) is 7.98. The summed E-state index contributed by atoms with van der Waals surface area (Å²) < 4.78 is 14.2. The molecule has 2 aromatic rings. The van der Waals surface area contributed by atoms with Crippen molar-refractivity contribution in [3.8, 4) is 5.69 Å². The van der Waals surface area contributed by atoms with Crippen LogP contribution in [0.2, 0.25) is 0 Å². The van der Waals surface area contributed by atoms with Crippen LogP contribution >= 0.6 is 0 Å². The lowest BCUT2D eigenvalue weighted by atomic mass is 10.3. The third-order valence-electron chi connectivity index (χ3n) is 2.10. The number of halogens is 1. The van der Waals surface area contributed by atoms with Crippen LogP contribution in [0.3, 0.4) is 0 Å². The molecule has 2 N–H and O–H groups in total. The number of carboxylic acids is 1. The quantitative estimate of drug-likeness (QED) is 0.796. The van der Waals surface area contributed by atoms with Crippen molar-refractivity contribution in [1.29, 1.82) is 0 Å². The van der Waals surface area contributed by atoms with Gasteiger partial charge in [0.1, 0.15) is 17.1 Å². The van der Waals surface area contributed by atoms with Gasteiger partial charge < -0.3 is 5.11 Å². The lowest BCUT2D eigenvalue weighted by Crippen LogP contribution is -2.20. The highest BCUT2D eigenvalue weighted by atomic mass is 19.1. The molecule has 6 heteroatoms. The van der Waals surface area contributed by atoms with Gasteiger partial charge in [0.05, 0.1) is 0 Å². The summed E-state index contributed by atoms with van der Waals surface area (Å²) in [5, 5.41) is 11.1. The van der Waals surface area contributed by atoms with E-state index in [1.165, 1.54) is 18.2 Å². The minimum Gasteiger partial charge on any atom is -0.477 e. The van der Waals surface area contributed by atoms with Gasteiger partial charge in [0.15, 0.2) is 0 Å². The predicted molar refractivity (Wildman–Crippen MR) is 53.3 cm³/mol. The van der Waals surface area contributed by atoms with E-state index in [0.29, 0.717) is 0 Å². The van der Waals surface area contributed by atoms with Gasteiger partial charge >= 0.3 is 5.97 Å². The molecule has 0 radical (unpaired) electrons. The Balaban J connectivity index is 2.63. The largest absolute Gasteiger partial charge is 0.477 e. The molecule has 1 aromatic carbocycles. The van der Waals surface area contributed by atoms with Crippen molar-refractivity contribution in [2.45, 2.75) is 0 Å². The van der Waals surface area contributed by atoms with Crippen LogP contribution in [0.4, 0.5) is 4.39 Å². The molecule has 0 unspecified atom stereocenters. The molecule has 0 fully saturated rings. The number of rotatable bonds is 2. The van der Waals surface area contributed by atoms with Gasteiger partial charge in [0.25, 0.3) is 5.56 Å². The molecular formula is C10H7FN2O3. The van der Waals surface area contributed by atoms with Crippen molar-refractivity contribution in [3.63, 3.8) is 0 Å². The number of benzene rings is 1. The second-order valence-electron chi connectivity index (χ2n) is 3.08. The minimum absolute atomic E-state index is 0.0139. The third kappa shape index (κ3) is 1.50. The van der Waals surface area contributed by atoms with Crippen LogP contribution in [0.25, 0.3) is 5.69 Å². The summed E-state index contributed by atoms with van der Waals surface area (Å²) in [7, 11) is 0. The van der Waals surface area contributed by atoms with Crippen molar-refractivity contribution in [2.75, 3.05) is 0 Å². The van der Waals surface area contributed by atoms with E-state index in [9.17, 15) is 14.0 Å². The van der Waals surface area contributed by atoms with E-state index < -0.39 is 22.9 Å². The van der Waals surface area contributed by atoms with E-state index in [1.807, 2.05) is 0 Å². The highest BCUT2D eigenvalue weighted by Gasteiger charge is 2.15. The molecule has 5 nitrogen and oxygen atoms in total. The van der Waals surface area contributed by atoms with Gasteiger partial charge in [0, 0.05) is 6.20 Å². The van der Waals surface area contributed by atoms with E-state index in [2.05, 4.69) is 5.10 Å². The normalized spacial score (nSPS) is 10.3. The lowest BCUT2D eigenvalue weighted by molar-refractivity contribution is 0.0695. The van der Waals surface area contributed by atoms with E-state index in [4.69, 9.17) is 5.11 Å². The Morgan fingerprint density at radius 3 is 2.62 bits per heavy atom. The minimum atomic E-state index is -1.35. The summed E-state index contributed by atoms with van der Waals surface area (Å²) in [5.74, 6) is -1.96. The Morgan fingerprint density at radius 1 is 1.38 bits per heavy atom. The van der Waals surface area contributed by atoms with Crippen molar-refractivity contribution < 1.29 is 14.3 Å². The van der Waals surface area contributed by atoms with Crippen molar-refractivity contribution in [3.05, 3.63) is 52.2 Å². The first-order chi connectivity index (χ1) is 7.61. The van der Waals surface area contributed by atoms with Crippen LogP contribution in [0.5, 0.6) is 0 Å². The first kappa shape index (κ1) is 10.2. The molecule has 0 aliphatic rings. The second kappa shape index (κ2) is 3.65. The summed E-state index contributed by atoms with van der Waals surface area (Å²) in [5.41, 5.74) is -1.24. The first-order valence-corrected chi connectivity index (χ1v) is 4.40. The standard InChI is InChI=1S/C10H7FN2O3/c11-7-3-1-2-4-8(7)13-9(14)6(5-12-13)10(15)16/h1-5,12H,(H,15,16). The number of nitrogens with zero attached hydrogens (tertiary/aromatic N) is 1. The fraction of sp³-hybridized carbons (Fsp3) is 0. The molecule has 16 heavy (non-hydrogen) atoms. The van der Waals surface area contributed by atoms with Gasteiger partial charge in [-0.25, -0.2) is 13.9 Å². The Bertz CT molecular complexity index is 600. The van der Waals surface area contributed by atoms with Gasteiger partial charge in [-0.15, -0.1) is 0 Å². The number of hydrogen-bond acceptors (Lipinski definition) is 2. The number of nitrogens with one attached hydrogen (secondary N) is 1. The maximum atomic E-state index is 13.3. The molecule has 0 aliphatic carbocycles. The van der Waals surface area contributed by atoms with Crippen LogP contribution in [-0.4, -0.2) is 20.9 Å². The third-order valence-corrected chi connectivity index (χ3v) is 2.10. The van der Waals surface area contributed by atoms with Gasteiger partial charge in [-0.2, -0.15) is 0 Å². The van der Waals surface area contributed by atoms with E-state index in [-0.39, 0.29) is 5.69 Å². The first-order valence-electron chi connectivity index (χ1n) is 4.40. The summed E-state index contributed by atoms with van der Waals surface area (Å²) >= 11 is 0. The van der Waals surface area contributed by atoms with Gasteiger partial charge in [0.2, 0.25) is 0 Å². The summed E-state index contributed by atoms with van der Waals surface area (Å²) in [6.45, 7) is 0. The molecule has 0 amide bonds. The fourth-order valence-electron chi connectivity index (χ4n) is 1.34. The molecule has 0 saturated carbocycles. The molecule has 0 atom stereocenters. The van der Waals surface area contributed by atoms with Crippen LogP contribution in [-0.2, 0) is 0 Å². The molecule has 0 bridgehead atoms. The number of H-pyrrole nitrogens is 1. The number of carbonyl (C=O) groups is 1. The maximum Gasteiger partial charge on any atom is 0.342 e. The topological polar surface area (TPSA) is 75.1 Å². The predicted octanol–water partition coefficient (Wildman–Crippen LogP) is 1.00. The smallest absolute Gasteiger partial charge is 0.342 e. The Labute approximate surface area is 88.7 Å². The number of aromatic carboxylic acids is 1. The summed E-state index contributed by atoms with van der Waals surface area (Å²) in [6.07, 6.45) is 1.02. The number of hydrogen-bond donors (Lipinski definition) is 2. The van der Waals surface area contributed by atoms with E-state index in [1.54, 1.807) is 6.07 Å². The molecule has 82 valence electrons. The van der Waals surface area contributed by atoms with E-state index >= 15 is 0 Å². The molecule has 0 saturated heterocycles. The highest BCUT2D eigenvalue weighted by Crippen LogP contribution is 2.09. The molecule has 0 aliphatic heterocycles. The summed E-state index contributed by atoms with van der Waals surface area (Å²) in [6, 6.07) is 5.58. The van der Waals surface area contributed by atoms with Crippen molar-refractivity contribution >= 4 is 5.97 Å². The molecule has 1 aromatic heterocycles. The maximum absolute atomic E-state index is 13.3. The molecule has 0 spiro atoms. The van der Waals surface area contributed by atoms with Crippen LogP contribution in [0, 0.1) is 5.82 Å². The molecule has 1 heterocycles. The van der Waals surface area contributed by atoms with E-state index in [0.717, 1.165) is 10.9 Å². The SMILES string of the molecule is O=C(O)c1c[nH]n(-c2ccccc2F)c1=O. The molecular weight excluding hydrogens is 215 g/mol. The van der Waals surface area contributed by atoms with Gasteiger partial charge in [-0.3, -0.25) is 9.89 Å². The fourth-order valence-corrected chi connectivity index (χ4v) is 1.34.